The maximum atomic E-state index is 13.4. The maximum absolute atomic E-state index is 13.4. The fourth-order valence-corrected chi connectivity index (χ4v) is 7.60. The molecular weight excluding hydrogens is 567 g/mol. The number of carboxylic acid groups (broad SMARTS) is 1. The minimum atomic E-state index is -1.19. The molecule has 4 aliphatic rings. The van der Waals surface area contributed by atoms with E-state index in [0.29, 0.717) is 6.54 Å². The van der Waals surface area contributed by atoms with Crippen molar-refractivity contribution in [2.75, 3.05) is 6.54 Å². The Morgan fingerprint density at radius 1 is 0.978 bits per heavy atom. The summed E-state index contributed by atoms with van der Waals surface area (Å²) in [4.78, 5) is 34.9. The summed E-state index contributed by atoms with van der Waals surface area (Å²) in [6, 6.07) is 8.23. The molecule has 2 aliphatic carbocycles. The van der Waals surface area contributed by atoms with Gasteiger partial charge in [0.2, 0.25) is 5.91 Å². The van der Waals surface area contributed by atoms with Gasteiger partial charge in [-0.05, 0) is 123 Å². The van der Waals surface area contributed by atoms with Crippen LogP contribution >= 0.6 is 0 Å². The van der Waals surface area contributed by atoms with Crippen molar-refractivity contribution >= 4 is 24.6 Å². The number of likely N-dealkylation sites (tertiary alicyclic amines) is 1. The Kier molecular flexibility index (Phi) is 7.17. The first-order valence-electron chi connectivity index (χ1n) is 16.4. The fraction of sp³-hybridized carbons (Fsp3) is 0.514. The van der Waals surface area contributed by atoms with Crippen LogP contribution in [0.5, 0.6) is 0 Å². The summed E-state index contributed by atoms with van der Waals surface area (Å²) >= 11 is 0. The third-order valence-corrected chi connectivity index (χ3v) is 10.7. The number of benzene rings is 2. The Morgan fingerprint density at radius 2 is 1.53 bits per heavy atom. The minimum absolute atomic E-state index is 0.157. The number of amides is 2. The average Bonchev–Trinajstić information content (AvgIpc) is 3.71. The number of H-pyrrole nitrogens is 1. The molecule has 2 aliphatic heterocycles. The van der Waals surface area contributed by atoms with Crippen molar-refractivity contribution in [1.82, 2.24) is 20.2 Å². The van der Waals surface area contributed by atoms with E-state index in [0.717, 1.165) is 61.1 Å². The van der Waals surface area contributed by atoms with E-state index in [1.807, 2.05) is 20.0 Å². The topological polar surface area (TPSA) is 117 Å². The molecule has 0 bridgehead atoms. The van der Waals surface area contributed by atoms with Gasteiger partial charge < -0.3 is 29.6 Å². The molecular formula is C35H43BN4O5. The van der Waals surface area contributed by atoms with E-state index < -0.39 is 12.1 Å². The largest absolute Gasteiger partial charge is 0.494 e. The van der Waals surface area contributed by atoms with Gasteiger partial charge >= 0.3 is 13.2 Å². The van der Waals surface area contributed by atoms with Gasteiger partial charge in [-0.15, -0.1) is 0 Å². The SMILES string of the molecule is CC(C)[C@H](NC(=O)O)C(=O)N1CCC[C@H]1c1ncc(-c2cc3c4c(c2)CCc2cc(B5OC(C)(C)C(C)(C)O5)cc(c2-4)CC3)[nH]1. The maximum Gasteiger partial charge on any atom is 0.494 e. The number of nitrogens with zero attached hydrogens (tertiary/aromatic N) is 2. The molecule has 3 aromatic rings. The standard InChI is InChI=1S/C35H43BN4O5/c1-19(2)30(39-33(42)43)32(41)40-13-7-8-27(40)31-37-18-26(38-31)24-14-20-9-11-22-16-25(36-44-34(3,4)35(5,6)45-36)17-23-12-10-21(15-24)28(20)29(22)23/h14-19,27,30,39H,7-13H2,1-6H3,(H,37,38)(H,42,43)/t27-,30-/m0/s1. The van der Waals surface area contributed by atoms with Crippen LogP contribution in [0.2, 0.25) is 0 Å². The van der Waals surface area contributed by atoms with E-state index >= 15 is 0 Å². The van der Waals surface area contributed by atoms with E-state index in [2.05, 4.69) is 62.3 Å². The number of aromatic amines is 1. The number of hydrogen-bond donors (Lipinski definition) is 3. The molecule has 45 heavy (non-hydrogen) atoms. The van der Waals surface area contributed by atoms with Crippen LogP contribution in [0.4, 0.5) is 4.79 Å². The molecule has 3 N–H and O–H groups in total. The molecule has 9 nitrogen and oxygen atoms in total. The van der Waals surface area contributed by atoms with Crippen LogP contribution in [0.1, 0.15) is 88.5 Å². The number of rotatable bonds is 6. The van der Waals surface area contributed by atoms with Gasteiger partial charge in [0.25, 0.3) is 0 Å². The molecule has 0 radical (unpaired) electrons. The monoisotopic (exact) mass is 610 g/mol. The summed E-state index contributed by atoms with van der Waals surface area (Å²) in [6.45, 7) is 12.7. The van der Waals surface area contributed by atoms with Gasteiger partial charge in [0.15, 0.2) is 0 Å². The zero-order valence-corrected chi connectivity index (χ0v) is 27.1. The highest BCUT2D eigenvalue weighted by Crippen LogP contribution is 2.45. The van der Waals surface area contributed by atoms with Gasteiger partial charge in [-0.3, -0.25) is 4.79 Å². The van der Waals surface area contributed by atoms with Crippen molar-refractivity contribution in [3.05, 3.63) is 58.5 Å². The summed E-state index contributed by atoms with van der Waals surface area (Å²) in [5.74, 6) is 0.403. The lowest BCUT2D eigenvalue weighted by atomic mass is 9.69. The lowest BCUT2D eigenvalue weighted by Crippen LogP contribution is -2.50. The number of carbonyl (C=O) groups is 2. The highest BCUT2D eigenvalue weighted by molar-refractivity contribution is 6.62. The van der Waals surface area contributed by atoms with Gasteiger partial charge in [0.05, 0.1) is 29.1 Å². The molecule has 2 fully saturated rings. The van der Waals surface area contributed by atoms with Gasteiger partial charge in [-0.1, -0.05) is 26.0 Å². The van der Waals surface area contributed by atoms with E-state index in [-0.39, 0.29) is 36.2 Å². The second-order valence-corrected chi connectivity index (χ2v) is 14.5. The highest BCUT2D eigenvalue weighted by Gasteiger charge is 2.52. The molecule has 10 heteroatoms. The van der Waals surface area contributed by atoms with Gasteiger partial charge in [-0.25, -0.2) is 9.78 Å². The summed E-state index contributed by atoms with van der Waals surface area (Å²) in [7, 11) is -0.355. The molecule has 2 saturated heterocycles. The van der Waals surface area contributed by atoms with E-state index in [4.69, 9.17) is 14.3 Å². The number of hydrogen-bond acceptors (Lipinski definition) is 5. The van der Waals surface area contributed by atoms with Crippen molar-refractivity contribution < 1.29 is 24.0 Å². The first-order chi connectivity index (χ1) is 21.3. The molecule has 0 spiro atoms. The lowest BCUT2D eigenvalue weighted by molar-refractivity contribution is -0.135. The normalized spacial score (nSPS) is 21.6. The van der Waals surface area contributed by atoms with Crippen molar-refractivity contribution in [2.45, 2.75) is 103 Å². The van der Waals surface area contributed by atoms with Crippen LogP contribution in [0, 0.1) is 5.92 Å². The van der Waals surface area contributed by atoms with Gasteiger partial charge in [0, 0.05) is 12.1 Å². The second kappa shape index (κ2) is 10.7. The van der Waals surface area contributed by atoms with Crippen LogP contribution < -0.4 is 10.8 Å². The van der Waals surface area contributed by atoms with Crippen LogP contribution in [0.3, 0.4) is 0 Å². The molecule has 3 heterocycles. The zero-order valence-electron chi connectivity index (χ0n) is 27.1. The zero-order chi connectivity index (χ0) is 31.8. The highest BCUT2D eigenvalue weighted by atomic mass is 16.7. The molecule has 2 aromatic carbocycles. The fourth-order valence-electron chi connectivity index (χ4n) is 7.60. The third-order valence-electron chi connectivity index (χ3n) is 10.7. The Bertz CT molecular complexity index is 1630. The lowest BCUT2D eigenvalue weighted by Gasteiger charge is -2.32. The molecule has 0 saturated carbocycles. The third kappa shape index (κ3) is 5.06. The van der Waals surface area contributed by atoms with Crippen molar-refractivity contribution in [2.24, 2.45) is 5.92 Å². The smallest absolute Gasteiger partial charge is 0.465 e. The number of imidazole rings is 1. The van der Waals surface area contributed by atoms with E-state index in [9.17, 15) is 14.7 Å². The number of aryl methyl sites for hydroxylation is 4. The first-order valence-corrected chi connectivity index (χ1v) is 16.4. The molecule has 0 unspecified atom stereocenters. The molecule has 2 atom stereocenters. The minimum Gasteiger partial charge on any atom is -0.465 e. The quantitative estimate of drug-likeness (QED) is 0.331. The number of nitrogens with one attached hydrogen (secondary N) is 2. The number of aromatic nitrogens is 2. The van der Waals surface area contributed by atoms with Gasteiger partial charge in [-0.2, -0.15) is 0 Å². The average molecular weight is 611 g/mol. The summed E-state index contributed by atoms with van der Waals surface area (Å²) in [5, 5.41) is 11.7. The summed E-state index contributed by atoms with van der Waals surface area (Å²) in [5.41, 5.74) is 10.7. The van der Waals surface area contributed by atoms with Crippen LogP contribution in [-0.2, 0) is 39.8 Å². The number of carbonyl (C=O) groups excluding carboxylic acids is 1. The van der Waals surface area contributed by atoms with Crippen molar-refractivity contribution in [1.29, 1.82) is 0 Å². The summed E-state index contributed by atoms with van der Waals surface area (Å²) < 4.78 is 12.8. The molecule has 2 amide bonds. The Labute approximate surface area is 265 Å². The summed E-state index contributed by atoms with van der Waals surface area (Å²) in [6.07, 6.45) is 6.21. The Hall–Kier alpha value is -3.63. The van der Waals surface area contributed by atoms with E-state index in [1.165, 1.54) is 33.4 Å². The van der Waals surface area contributed by atoms with Crippen LogP contribution in [0.25, 0.3) is 22.4 Å². The predicted molar refractivity (Wildman–Crippen MR) is 173 cm³/mol. The molecule has 1 aromatic heterocycles. The Morgan fingerprint density at radius 3 is 2.07 bits per heavy atom. The van der Waals surface area contributed by atoms with E-state index in [1.54, 1.807) is 4.90 Å². The second-order valence-electron chi connectivity index (χ2n) is 14.5. The van der Waals surface area contributed by atoms with Crippen molar-refractivity contribution in [3.63, 3.8) is 0 Å². The predicted octanol–water partition coefficient (Wildman–Crippen LogP) is 5.20. The van der Waals surface area contributed by atoms with Crippen LogP contribution in [-0.4, -0.2) is 62.9 Å². The molecule has 236 valence electrons. The molecule has 7 rings (SSSR count). The Balaban J connectivity index is 1.16. The van der Waals surface area contributed by atoms with Crippen molar-refractivity contribution in [3.8, 4) is 22.4 Å². The van der Waals surface area contributed by atoms with Crippen LogP contribution in [0.15, 0.2) is 30.5 Å². The van der Waals surface area contributed by atoms with Gasteiger partial charge in [0.1, 0.15) is 11.9 Å². The first kappa shape index (κ1) is 30.1.